The Bertz CT molecular complexity index is 978. The minimum atomic E-state index is -0.286. The lowest BCUT2D eigenvalue weighted by Crippen LogP contribution is -2.27. The fourth-order valence-electron chi connectivity index (χ4n) is 2.67. The van der Waals surface area contributed by atoms with Crippen molar-refractivity contribution in [2.75, 3.05) is 0 Å². The molecular weight excluding hydrogens is 324 g/mol. The highest BCUT2D eigenvalue weighted by molar-refractivity contribution is 6.30. The van der Waals surface area contributed by atoms with Gasteiger partial charge in [0.15, 0.2) is 5.78 Å². The van der Waals surface area contributed by atoms with Crippen molar-refractivity contribution in [3.8, 4) is 16.8 Å². The van der Waals surface area contributed by atoms with Crippen LogP contribution in [0.4, 0.5) is 0 Å². The first-order valence-electron chi connectivity index (χ1n) is 7.45. The van der Waals surface area contributed by atoms with Crippen LogP contribution in [0.3, 0.4) is 0 Å². The molecule has 120 valence electrons. The SMILES string of the molecule is CC(=O)c1nn(-c2cccc(Cl)c2)c(=O)c(-c2ccccc2)c1C. The molecule has 0 amide bonds. The maximum Gasteiger partial charge on any atom is 0.279 e. The van der Waals surface area contributed by atoms with Gasteiger partial charge >= 0.3 is 0 Å². The van der Waals surface area contributed by atoms with Crippen LogP contribution in [-0.4, -0.2) is 15.6 Å². The van der Waals surface area contributed by atoms with E-state index < -0.39 is 0 Å². The van der Waals surface area contributed by atoms with Crippen molar-refractivity contribution >= 4 is 17.4 Å². The summed E-state index contributed by atoms with van der Waals surface area (Å²) >= 11 is 6.03. The van der Waals surface area contributed by atoms with Crippen LogP contribution in [0.1, 0.15) is 23.0 Å². The Kier molecular flexibility index (Phi) is 4.32. The molecule has 0 spiro atoms. The Morgan fingerprint density at radius 3 is 2.42 bits per heavy atom. The summed E-state index contributed by atoms with van der Waals surface area (Å²) < 4.78 is 1.23. The molecule has 4 nitrogen and oxygen atoms in total. The molecule has 0 unspecified atom stereocenters. The fraction of sp³-hybridized carbons (Fsp3) is 0.105. The maximum absolute atomic E-state index is 13.0. The molecule has 0 N–H and O–H groups in total. The van der Waals surface area contributed by atoms with Gasteiger partial charge in [-0.3, -0.25) is 9.59 Å². The standard InChI is InChI=1S/C19H15ClN2O2/c1-12-17(14-7-4-3-5-8-14)19(24)22(21-18(12)13(2)23)16-10-6-9-15(20)11-16/h3-11H,1-2H3. The largest absolute Gasteiger partial charge is 0.293 e. The molecular formula is C19H15ClN2O2. The van der Waals surface area contributed by atoms with Gasteiger partial charge in [0.25, 0.3) is 5.56 Å². The van der Waals surface area contributed by atoms with E-state index in [4.69, 9.17) is 11.6 Å². The van der Waals surface area contributed by atoms with E-state index in [0.29, 0.717) is 21.8 Å². The van der Waals surface area contributed by atoms with Gasteiger partial charge in [0.05, 0.1) is 11.3 Å². The Hall–Kier alpha value is -2.72. The van der Waals surface area contributed by atoms with E-state index in [9.17, 15) is 9.59 Å². The molecule has 1 heterocycles. The first kappa shape index (κ1) is 16.1. The summed E-state index contributed by atoms with van der Waals surface area (Å²) in [4.78, 5) is 25.0. The van der Waals surface area contributed by atoms with Gasteiger partial charge in [0, 0.05) is 11.9 Å². The summed E-state index contributed by atoms with van der Waals surface area (Å²) in [5.74, 6) is -0.194. The van der Waals surface area contributed by atoms with Crippen LogP contribution in [0.15, 0.2) is 59.4 Å². The molecule has 1 aromatic heterocycles. The number of carbonyl (C=O) groups is 1. The molecule has 24 heavy (non-hydrogen) atoms. The van der Waals surface area contributed by atoms with Crippen molar-refractivity contribution < 1.29 is 4.79 Å². The van der Waals surface area contributed by atoms with Gasteiger partial charge in [-0.15, -0.1) is 0 Å². The summed E-state index contributed by atoms with van der Waals surface area (Å²) in [6.45, 7) is 3.19. The van der Waals surface area contributed by atoms with E-state index in [0.717, 1.165) is 5.56 Å². The molecule has 0 bridgehead atoms. The summed E-state index contributed by atoms with van der Waals surface area (Å²) in [7, 11) is 0. The van der Waals surface area contributed by atoms with Crippen LogP contribution in [0.2, 0.25) is 5.02 Å². The Morgan fingerprint density at radius 2 is 1.79 bits per heavy atom. The molecule has 0 saturated heterocycles. The third-order valence-electron chi connectivity index (χ3n) is 3.79. The highest BCUT2D eigenvalue weighted by Gasteiger charge is 2.19. The zero-order valence-corrected chi connectivity index (χ0v) is 14.0. The summed E-state index contributed by atoms with van der Waals surface area (Å²) in [6, 6.07) is 16.1. The normalized spacial score (nSPS) is 10.6. The Labute approximate surface area is 144 Å². The number of benzene rings is 2. The Balaban J connectivity index is 2.38. The average Bonchev–Trinajstić information content (AvgIpc) is 2.55. The third kappa shape index (κ3) is 2.88. The first-order chi connectivity index (χ1) is 11.5. The minimum Gasteiger partial charge on any atom is -0.293 e. The number of hydrogen-bond donors (Lipinski definition) is 0. The number of halogens is 1. The van der Waals surface area contributed by atoms with Crippen molar-refractivity contribution in [2.24, 2.45) is 0 Å². The molecule has 0 aliphatic rings. The van der Waals surface area contributed by atoms with Crippen LogP contribution < -0.4 is 5.56 Å². The van der Waals surface area contributed by atoms with E-state index >= 15 is 0 Å². The van der Waals surface area contributed by atoms with Gasteiger partial charge in [-0.25, -0.2) is 0 Å². The van der Waals surface area contributed by atoms with Crippen LogP contribution in [0.25, 0.3) is 16.8 Å². The molecule has 0 atom stereocenters. The molecule has 0 saturated carbocycles. The van der Waals surface area contributed by atoms with Gasteiger partial charge in [-0.1, -0.05) is 48.0 Å². The number of rotatable bonds is 3. The summed E-state index contributed by atoms with van der Waals surface area (Å²) in [6.07, 6.45) is 0. The second kappa shape index (κ2) is 6.42. The van der Waals surface area contributed by atoms with Crippen molar-refractivity contribution in [3.05, 3.63) is 81.2 Å². The van der Waals surface area contributed by atoms with Crippen LogP contribution in [-0.2, 0) is 0 Å². The number of Topliss-reactive ketones (excluding diaryl/α,β-unsaturated/α-hetero) is 1. The first-order valence-corrected chi connectivity index (χ1v) is 7.83. The highest BCUT2D eigenvalue weighted by Crippen LogP contribution is 2.22. The average molecular weight is 339 g/mol. The van der Waals surface area contributed by atoms with E-state index in [2.05, 4.69) is 5.10 Å². The van der Waals surface area contributed by atoms with Gasteiger partial charge in [0.1, 0.15) is 5.69 Å². The molecule has 2 aromatic carbocycles. The van der Waals surface area contributed by atoms with Crippen LogP contribution in [0, 0.1) is 6.92 Å². The quantitative estimate of drug-likeness (QED) is 0.676. The van der Waals surface area contributed by atoms with Crippen molar-refractivity contribution in [2.45, 2.75) is 13.8 Å². The maximum atomic E-state index is 13.0. The zero-order chi connectivity index (χ0) is 17.3. The number of carbonyl (C=O) groups excluding carboxylic acids is 1. The third-order valence-corrected chi connectivity index (χ3v) is 4.02. The molecule has 3 aromatic rings. The number of nitrogens with zero attached hydrogens (tertiary/aromatic N) is 2. The fourth-order valence-corrected chi connectivity index (χ4v) is 2.85. The lowest BCUT2D eigenvalue weighted by molar-refractivity contribution is 0.101. The van der Waals surface area contributed by atoms with E-state index in [-0.39, 0.29) is 17.0 Å². The van der Waals surface area contributed by atoms with Gasteiger partial charge in [0.2, 0.25) is 0 Å². The summed E-state index contributed by atoms with van der Waals surface area (Å²) in [5.41, 5.74) is 2.31. The molecule has 0 radical (unpaired) electrons. The van der Waals surface area contributed by atoms with Gasteiger partial charge < -0.3 is 0 Å². The topological polar surface area (TPSA) is 52.0 Å². The van der Waals surface area contributed by atoms with E-state index in [1.54, 1.807) is 31.2 Å². The highest BCUT2D eigenvalue weighted by atomic mass is 35.5. The zero-order valence-electron chi connectivity index (χ0n) is 13.3. The second-order valence-corrected chi connectivity index (χ2v) is 5.90. The lowest BCUT2D eigenvalue weighted by Gasteiger charge is -2.13. The monoisotopic (exact) mass is 338 g/mol. The predicted molar refractivity (Wildman–Crippen MR) is 95.0 cm³/mol. The lowest BCUT2D eigenvalue weighted by atomic mass is 10.00. The van der Waals surface area contributed by atoms with Gasteiger partial charge in [-0.2, -0.15) is 9.78 Å². The van der Waals surface area contributed by atoms with Crippen LogP contribution in [0.5, 0.6) is 0 Å². The summed E-state index contributed by atoms with van der Waals surface area (Å²) in [5, 5.41) is 4.76. The molecule has 0 fully saturated rings. The van der Waals surface area contributed by atoms with Crippen molar-refractivity contribution in [3.63, 3.8) is 0 Å². The van der Waals surface area contributed by atoms with Crippen molar-refractivity contribution in [1.82, 2.24) is 9.78 Å². The minimum absolute atomic E-state index is 0.194. The molecule has 0 aliphatic carbocycles. The molecule has 3 rings (SSSR count). The number of aromatic nitrogens is 2. The molecule has 5 heteroatoms. The van der Waals surface area contributed by atoms with Crippen LogP contribution >= 0.6 is 11.6 Å². The number of hydrogen-bond acceptors (Lipinski definition) is 3. The van der Waals surface area contributed by atoms with Gasteiger partial charge in [-0.05, 0) is 36.2 Å². The smallest absolute Gasteiger partial charge is 0.279 e. The number of ketones is 1. The second-order valence-electron chi connectivity index (χ2n) is 5.47. The molecule has 0 aliphatic heterocycles. The van der Waals surface area contributed by atoms with E-state index in [1.165, 1.54) is 11.6 Å². The Morgan fingerprint density at radius 1 is 1.08 bits per heavy atom. The predicted octanol–water partition coefficient (Wildman–Crippen LogP) is 4.06. The van der Waals surface area contributed by atoms with E-state index in [1.807, 2.05) is 30.3 Å². The van der Waals surface area contributed by atoms with Crippen molar-refractivity contribution in [1.29, 1.82) is 0 Å².